The van der Waals surface area contributed by atoms with Gasteiger partial charge in [-0.3, -0.25) is 4.68 Å². The molecule has 2 rings (SSSR count). The Hall–Kier alpha value is -1.55. The minimum atomic E-state index is -0.280. The van der Waals surface area contributed by atoms with Gasteiger partial charge in [0.15, 0.2) is 0 Å². The molecule has 0 fully saturated rings. The molecule has 0 spiro atoms. The van der Waals surface area contributed by atoms with Crippen LogP contribution in [0.25, 0.3) is 0 Å². The molecule has 0 atom stereocenters. The SMILES string of the molecule is CCc1nn(CC)c(COc2ccc(F)cc2)c1Cl. The molecule has 3 nitrogen and oxygen atoms in total. The minimum absolute atomic E-state index is 0.280. The monoisotopic (exact) mass is 282 g/mol. The van der Waals surface area contributed by atoms with Crippen molar-refractivity contribution in [1.29, 1.82) is 0 Å². The molecule has 1 aromatic heterocycles. The van der Waals surface area contributed by atoms with Crippen molar-refractivity contribution in [2.75, 3.05) is 0 Å². The van der Waals surface area contributed by atoms with Gasteiger partial charge in [0, 0.05) is 6.54 Å². The van der Waals surface area contributed by atoms with Crippen molar-refractivity contribution in [2.45, 2.75) is 33.4 Å². The average molecular weight is 283 g/mol. The maximum Gasteiger partial charge on any atom is 0.131 e. The smallest absolute Gasteiger partial charge is 0.131 e. The lowest BCUT2D eigenvalue weighted by atomic mass is 10.3. The third kappa shape index (κ3) is 3.07. The second kappa shape index (κ2) is 6.06. The van der Waals surface area contributed by atoms with Crippen molar-refractivity contribution in [3.8, 4) is 5.75 Å². The highest BCUT2D eigenvalue weighted by Crippen LogP contribution is 2.23. The van der Waals surface area contributed by atoms with E-state index in [1.807, 2.05) is 18.5 Å². The lowest BCUT2D eigenvalue weighted by Crippen LogP contribution is -2.06. The van der Waals surface area contributed by atoms with Crippen LogP contribution in [-0.2, 0) is 19.6 Å². The summed E-state index contributed by atoms with van der Waals surface area (Å²) in [6.07, 6.45) is 0.787. The average Bonchev–Trinajstić information content (AvgIpc) is 2.74. The van der Waals surface area contributed by atoms with Crippen LogP contribution >= 0.6 is 11.6 Å². The Bertz CT molecular complexity index is 551. The number of hydrogen-bond acceptors (Lipinski definition) is 2. The normalized spacial score (nSPS) is 10.7. The van der Waals surface area contributed by atoms with Crippen LogP contribution < -0.4 is 4.74 Å². The molecule has 0 saturated carbocycles. The van der Waals surface area contributed by atoms with E-state index in [0.29, 0.717) is 17.4 Å². The molecule has 1 heterocycles. The molecule has 0 N–H and O–H groups in total. The zero-order valence-electron chi connectivity index (χ0n) is 11.0. The maximum absolute atomic E-state index is 12.8. The van der Waals surface area contributed by atoms with Gasteiger partial charge in [-0.1, -0.05) is 18.5 Å². The van der Waals surface area contributed by atoms with Crippen molar-refractivity contribution in [2.24, 2.45) is 0 Å². The van der Waals surface area contributed by atoms with E-state index in [1.165, 1.54) is 12.1 Å². The molecule has 0 unspecified atom stereocenters. The zero-order valence-corrected chi connectivity index (χ0v) is 11.7. The van der Waals surface area contributed by atoms with Crippen LogP contribution in [-0.4, -0.2) is 9.78 Å². The second-order valence-corrected chi connectivity index (χ2v) is 4.50. The Balaban J connectivity index is 2.14. The second-order valence-electron chi connectivity index (χ2n) is 4.12. The van der Waals surface area contributed by atoms with E-state index in [0.717, 1.165) is 24.4 Å². The molecule has 0 aliphatic carbocycles. The number of benzene rings is 1. The number of hydrogen-bond donors (Lipinski definition) is 0. The summed E-state index contributed by atoms with van der Waals surface area (Å²) in [6.45, 7) is 5.08. The largest absolute Gasteiger partial charge is 0.487 e. The molecule has 0 radical (unpaired) electrons. The fraction of sp³-hybridized carbons (Fsp3) is 0.357. The van der Waals surface area contributed by atoms with E-state index in [4.69, 9.17) is 16.3 Å². The highest BCUT2D eigenvalue weighted by Gasteiger charge is 2.14. The molecule has 0 saturated heterocycles. The van der Waals surface area contributed by atoms with E-state index in [-0.39, 0.29) is 5.82 Å². The maximum atomic E-state index is 12.8. The van der Waals surface area contributed by atoms with Crippen LogP contribution in [0.3, 0.4) is 0 Å². The van der Waals surface area contributed by atoms with Crippen LogP contribution in [0.2, 0.25) is 5.02 Å². The molecule has 0 amide bonds. The molecule has 0 aliphatic heterocycles. The first-order valence-corrected chi connectivity index (χ1v) is 6.65. The summed E-state index contributed by atoms with van der Waals surface area (Å²) in [5, 5.41) is 5.08. The Kier molecular flexibility index (Phi) is 4.43. The van der Waals surface area contributed by atoms with Gasteiger partial charge in [-0.25, -0.2) is 4.39 Å². The molecular weight excluding hydrogens is 267 g/mol. The van der Waals surface area contributed by atoms with Gasteiger partial charge in [-0.05, 0) is 37.6 Å². The van der Waals surface area contributed by atoms with Crippen molar-refractivity contribution < 1.29 is 9.13 Å². The molecule has 5 heteroatoms. The Morgan fingerprint density at radius 2 is 1.95 bits per heavy atom. The van der Waals surface area contributed by atoms with Gasteiger partial charge in [-0.15, -0.1) is 0 Å². The summed E-state index contributed by atoms with van der Waals surface area (Å²) in [5.74, 6) is 0.330. The van der Waals surface area contributed by atoms with Crippen LogP contribution in [0.1, 0.15) is 25.2 Å². The van der Waals surface area contributed by atoms with Gasteiger partial charge < -0.3 is 4.74 Å². The zero-order chi connectivity index (χ0) is 13.8. The van der Waals surface area contributed by atoms with Gasteiger partial charge in [0.1, 0.15) is 18.2 Å². The van der Waals surface area contributed by atoms with Crippen LogP contribution in [0.5, 0.6) is 5.75 Å². The first-order chi connectivity index (χ1) is 9.15. The van der Waals surface area contributed by atoms with Crippen molar-refractivity contribution >= 4 is 11.6 Å². The summed E-state index contributed by atoms with van der Waals surface area (Å²) < 4.78 is 20.2. The highest BCUT2D eigenvalue weighted by atomic mass is 35.5. The van der Waals surface area contributed by atoms with E-state index in [1.54, 1.807) is 12.1 Å². The lowest BCUT2D eigenvalue weighted by Gasteiger charge is -2.08. The molecular formula is C14H16ClFN2O. The molecule has 102 valence electrons. The van der Waals surface area contributed by atoms with E-state index < -0.39 is 0 Å². The van der Waals surface area contributed by atoms with Crippen molar-refractivity contribution in [1.82, 2.24) is 9.78 Å². The third-order valence-electron chi connectivity index (χ3n) is 2.88. The topological polar surface area (TPSA) is 27.1 Å². The first-order valence-electron chi connectivity index (χ1n) is 6.28. The predicted molar refractivity (Wildman–Crippen MR) is 73.0 cm³/mol. The van der Waals surface area contributed by atoms with Crippen LogP contribution in [0.4, 0.5) is 4.39 Å². The number of aryl methyl sites for hydroxylation is 2. The summed E-state index contributed by atoms with van der Waals surface area (Å²) in [5.41, 5.74) is 1.73. The van der Waals surface area contributed by atoms with Crippen LogP contribution in [0.15, 0.2) is 24.3 Å². The Labute approximate surface area is 117 Å². The minimum Gasteiger partial charge on any atom is -0.487 e. The first kappa shape index (κ1) is 13.9. The highest BCUT2D eigenvalue weighted by molar-refractivity contribution is 6.31. The third-order valence-corrected chi connectivity index (χ3v) is 3.32. The quantitative estimate of drug-likeness (QED) is 0.833. The van der Waals surface area contributed by atoms with Crippen LogP contribution in [0, 0.1) is 5.82 Å². The Morgan fingerprint density at radius 3 is 2.53 bits per heavy atom. The summed E-state index contributed by atoms with van der Waals surface area (Å²) in [6, 6.07) is 5.92. The lowest BCUT2D eigenvalue weighted by molar-refractivity contribution is 0.292. The fourth-order valence-corrected chi connectivity index (χ4v) is 2.16. The van der Waals surface area contributed by atoms with Gasteiger partial charge in [0.05, 0.1) is 16.4 Å². The number of halogens is 2. The van der Waals surface area contributed by atoms with E-state index in [9.17, 15) is 4.39 Å². The fourth-order valence-electron chi connectivity index (χ4n) is 1.84. The van der Waals surface area contributed by atoms with Gasteiger partial charge >= 0.3 is 0 Å². The number of rotatable bonds is 5. The number of aromatic nitrogens is 2. The Morgan fingerprint density at radius 1 is 1.26 bits per heavy atom. The molecule has 2 aromatic rings. The summed E-state index contributed by atoms with van der Waals surface area (Å²) in [7, 11) is 0. The number of ether oxygens (including phenoxy) is 1. The van der Waals surface area contributed by atoms with E-state index >= 15 is 0 Å². The van der Waals surface area contributed by atoms with Gasteiger partial charge in [0.2, 0.25) is 0 Å². The molecule has 0 aliphatic rings. The summed E-state index contributed by atoms with van der Waals surface area (Å²) in [4.78, 5) is 0. The van der Waals surface area contributed by atoms with Crippen molar-refractivity contribution in [3.05, 3.63) is 46.5 Å². The summed E-state index contributed by atoms with van der Waals surface area (Å²) >= 11 is 6.28. The van der Waals surface area contributed by atoms with Gasteiger partial charge in [0.25, 0.3) is 0 Å². The van der Waals surface area contributed by atoms with Crippen molar-refractivity contribution in [3.63, 3.8) is 0 Å². The standard InChI is InChI=1S/C14H16ClFN2O/c1-3-12-14(15)13(18(4-2)17-12)9-19-11-7-5-10(16)6-8-11/h5-8H,3-4,9H2,1-2H3. The van der Waals surface area contributed by atoms with E-state index in [2.05, 4.69) is 5.10 Å². The van der Waals surface area contributed by atoms with Gasteiger partial charge in [-0.2, -0.15) is 5.10 Å². The molecule has 19 heavy (non-hydrogen) atoms. The molecule has 1 aromatic carbocycles. The predicted octanol–water partition coefficient (Wildman–Crippen LogP) is 3.84. The number of nitrogens with zero attached hydrogens (tertiary/aromatic N) is 2. The molecule has 0 bridgehead atoms.